The fourth-order valence-corrected chi connectivity index (χ4v) is 0. The molecule has 0 aromatic heterocycles. The minimum Gasteiger partial charge on any atom is -0.189 e. The van der Waals surface area contributed by atoms with Gasteiger partial charge in [0.1, 0.15) is 0 Å². The van der Waals surface area contributed by atoms with Crippen LogP contribution in [-0.4, -0.2) is 4.21 Å². The molecule has 0 heterocycles. The molecule has 5 heavy (non-hydrogen) atoms. The van der Waals surface area contributed by atoms with E-state index >= 15 is 0 Å². The van der Waals surface area contributed by atoms with Crippen LogP contribution in [0.5, 0.6) is 0 Å². The quantitative estimate of drug-likeness (QED) is 0.431. The molecule has 0 atom stereocenters. The zero-order chi connectivity index (χ0) is 4.50. The van der Waals surface area contributed by atoms with Crippen molar-refractivity contribution >= 4 is 20.5 Å². The van der Waals surface area contributed by atoms with Crippen molar-refractivity contribution in [1.82, 2.24) is 0 Å². The first-order valence-electron chi connectivity index (χ1n) is 0.642. The molecule has 0 unspecified atom stereocenters. The number of halogens is 2. The summed E-state index contributed by atoms with van der Waals surface area (Å²) in [6, 6.07) is 0. The van der Waals surface area contributed by atoms with Crippen molar-refractivity contribution in [2.75, 3.05) is 0 Å². The lowest BCUT2D eigenvalue weighted by Gasteiger charge is -1.62. The topological polar surface area (TPSA) is 17.1 Å². The van der Waals surface area contributed by atoms with Crippen molar-refractivity contribution in [2.24, 2.45) is 0 Å². The van der Waals surface area contributed by atoms with Gasteiger partial charge in [-0.1, -0.05) is 0 Å². The van der Waals surface area contributed by atoms with Crippen LogP contribution in [0.3, 0.4) is 0 Å². The van der Waals surface area contributed by atoms with Gasteiger partial charge in [0.2, 0.25) is 0 Å². The molecule has 0 radical (unpaired) electrons. The molecule has 5 heteroatoms. The SMILES string of the molecule is O=S(F)(F)=S. The Bertz CT molecular complexity index is 90.8. The van der Waals surface area contributed by atoms with Gasteiger partial charge in [-0.3, -0.25) is 0 Å². The molecule has 0 spiro atoms. The molecular weight excluding hydrogens is 118 g/mol. The van der Waals surface area contributed by atoms with E-state index in [-0.39, 0.29) is 0 Å². The molecule has 0 N–H and O–H groups in total. The molecule has 0 aliphatic heterocycles. The highest BCUT2D eigenvalue weighted by molar-refractivity contribution is 8.27. The van der Waals surface area contributed by atoms with E-state index in [0.717, 1.165) is 0 Å². The second kappa shape index (κ2) is 1.14. The zero-order valence-electron chi connectivity index (χ0n) is 1.98. The normalized spacial score (nSPS) is 11.6. The Labute approximate surface area is 33.2 Å². The van der Waals surface area contributed by atoms with E-state index in [2.05, 4.69) is 11.2 Å². The van der Waals surface area contributed by atoms with Crippen molar-refractivity contribution in [3.63, 3.8) is 0 Å². The van der Waals surface area contributed by atoms with Gasteiger partial charge in [0.25, 0.3) is 0 Å². The van der Waals surface area contributed by atoms with Crippen LogP contribution in [0.2, 0.25) is 0 Å². The Morgan fingerprint density at radius 1 is 1.60 bits per heavy atom. The van der Waals surface area contributed by atoms with E-state index in [1.165, 1.54) is 0 Å². The lowest BCUT2D eigenvalue weighted by molar-refractivity contribution is 0.599. The molecular formula is F2OS2. The molecule has 0 aliphatic carbocycles. The van der Waals surface area contributed by atoms with Crippen molar-refractivity contribution in [2.45, 2.75) is 0 Å². The first-order valence-corrected chi connectivity index (χ1v) is 2.93. The van der Waals surface area contributed by atoms with Crippen LogP contribution in [0.4, 0.5) is 7.77 Å². The first-order chi connectivity index (χ1) is 2.00. The van der Waals surface area contributed by atoms with Crippen LogP contribution in [-0.2, 0) is 20.5 Å². The van der Waals surface area contributed by atoms with Gasteiger partial charge < -0.3 is 0 Å². The third kappa shape index (κ3) is 398. The smallest absolute Gasteiger partial charge is 0.189 e. The van der Waals surface area contributed by atoms with Crippen LogP contribution in [0.25, 0.3) is 0 Å². The number of hydrogen-bond donors (Lipinski definition) is 0. The summed E-state index contributed by atoms with van der Waals surface area (Å²) in [5, 5.41) is 0. The predicted molar refractivity (Wildman–Crippen MR) is 17.7 cm³/mol. The number of hydrogen-bond acceptors (Lipinski definition) is 2. The van der Waals surface area contributed by atoms with Gasteiger partial charge in [-0.2, -0.15) is 4.21 Å². The molecule has 0 saturated carbocycles. The van der Waals surface area contributed by atoms with Gasteiger partial charge in [0.15, 0.2) is 0 Å². The minimum atomic E-state index is -4.83. The molecule has 0 fully saturated rings. The molecule has 0 rings (SSSR count). The maximum absolute atomic E-state index is 10.4. The van der Waals surface area contributed by atoms with E-state index in [1.54, 1.807) is 0 Å². The maximum Gasteiger partial charge on any atom is 0.341 e. The summed E-state index contributed by atoms with van der Waals surface area (Å²) in [4.78, 5) is 0. The third-order valence-electron chi connectivity index (χ3n) is 0. The molecule has 0 aliphatic rings. The summed E-state index contributed by atoms with van der Waals surface area (Å²) in [7, 11) is -4.83. The van der Waals surface area contributed by atoms with Gasteiger partial charge in [-0.25, -0.2) is 0 Å². The molecule has 1 nitrogen and oxygen atoms in total. The molecule has 0 bridgehead atoms. The summed E-state index contributed by atoms with van der Waals surface area (Å²) in [5.74, 6) is 0. The van der Waals surface area contributed by atoms with Crippen LogP contribution in [0, 0.1) is 0 Å². The Kier molecular flexibility index (Phi) is 1.19. The summed E-state index contributed by atoms with van der Waals surface area (Å²) in [6.07, 6.45) is 0. The fourth-order valence-electron chi connectivity index (χ4n) is 0. The predicted octanol–water partition coefficient (Wildman–Crippen LogP) is 0.502. The van der Waals surface area contributed by atoms with Crippen LogP contribution in [0.1, 0.15) is 0 Å². The van der Waals surface area contributed by atoms with E-state index in [1.807, 2.05) is 0 Å². The molecule has 0 amide bonds. The fraction of sp³-hybridized carbons (Fsp3) is 0. The molecule has 0 aromatic rings. The van der Waals surface area contributed by atoms with Crippen LogP contribution >= 0.6 is 0 Å². The highest BCUT2D eigenvalue weighted by Crippen LogP contribution is 1.87. The molecule has 0 saturated heterocycles. The van der Waals surface area contributed by atoms with Crippen LogP contribution < -0.4 is 0 Å². The molecule has 32 valence electrons. The first kappa shape index (κ1) is 5.23. The third-order valence-corrected chi connectivity index (χ3v) is 0. The van der Waals surface area contributed by atoms with Crippen molar-refractivity contribution in [3.8, 4) is 0 Å². The molecule has 0 aromatic carbocycles. The summed E-state index contributed by atoms with van der Waals surface area (Å²) in [6.45, 7) is 0. The Hall–Kier alpha value is 0.230. The van der Waals surface area contributed by atoms with Gasteiger partial charge in [-0.15, -0.1) is 7.77 Å². The van der Waals surface area contributed by atoms with Gasteiger partial charge >= 0.3 is 9.26 Å². The highest BCUT2D eigenvalue weighted by atomic mass is 32.9. The zero-order valence-corrected chi connectivity index (χ0v) is 3.61. The lowest BCUT2D eigenvalue weighted by Crippen LogP contribution is -1.65. The Morgan fingerprint density at radius 2 is 1.60 bits per heavy atom. The number of rotatable bonds is 0. The van der Waals surface area contributed by atoms with Gasteiger partial charge in [0, 0.05) is 11.2 Å². The van der Waals surface area contributed by atoms with Gasteiger partial charge in [0.05, 0.1) is 0 Å². The Morgan fingerprint density at radius 3 is 1.60 bits per heavy atom. The van der Waals surface area contributed by atoms with E-state index < -0.39 is 9.26 Å². The second-order valence-corrected chi connectivity index (χ2v) is 2.30. The van der Waals surface area contributed by atoms with E-state index in [0.29, 0.717) is 0 Å². The highest BCUT2D eigenvalue weighted by Gasteiger charge is 1.87. The summed E-state index contributed by atoms with van der Waals surface area (Å²) < 4.78 is 29.4. The largest absolute Gasteiger partial charge is 0.341 e. The lowest BCUT2D eigenvalue weighted by atomic mass is 16.0. The Balaban J connectivity index is 4.06. The van der Waals surface area contributed by atoms with Crippen molar-refractivity contribution in [3.05, 3.63) is 0 Å². The second-order valence-electron chi connectivity index (χ2n) is 0.378. The van der Waals surface area contributed by atoms with Gasteiger partial charge in [-0.05, 0) is 0 Å². The summed E-state index contributed by atoms with van der Waals surface area (Å²) >= 11 is 3.02. The minimum absolute atomic E-state index is 3.02. The average molecular weight is 118 g/mol. The van der Waals surface area contributed by atoms with Crippen molar-refractivity contribution in [1.29, 1.82) is 0 Å². The standard InChI is InChI=1S/F2OS2/c1-5(2,3)4. The van der Waals surface area contributed by atoms with Crippen molar-refractivity contribution < 1.29 is 12.0 Å². The van der Waals surface area contributed by atoms with E-state index in [9.17, 15) is 7.77 Å². The average Bonchev–Trinajstić information content (AvgIpc) is 0.722. The summed E-state index contributed by atoms with van der Waals surface area (Å²) in [5.41, 5.74) is 0. The maximum atomic E-state index is 10.4. The monoisotopic (exact) mass is 118 g/mol. The van der Waals surface area contributed by atoms with Crippen LogP contribution in [0.15, 0.2) is 0 Å². The van der Waals surface area contributed by atoms with E-state index in [4.69, 9.17) is 4.21 Å².